The van der Waals surface area contributed by atoms with Gasteiger partial charge in [0, 0.05) is 44.6 Å². The van der Waals surface area contributed by atoms with Gasteiger partial charge in [0.1, 0.15) is 5.75 Å². The largest absolute Gasteiger partial charge is 0.497 e. The lowest BCUT2D eigenvalue weighted by atomic mass is 10.1. The average molecular weight is 421 g/mol. The van der Waals surface area contributed by atoms with E-state index in [0.29, 0.717) is 24.6 Å². The summed E-state index contributed by atoms with van der Waals surface area (Å²) in [5, 5.41) is 13.6. The summed E-state index contributed by atoms with van der Waals surface area (Å²) in [5.41, 5.74) is 2.86. The minimum absolute atomic E-state index is 0.119. The standard InChI is InChI=1S/C23H28N6O2/c1-24-23(27-16-15-25-22(30)19-6-10-21(31-2)11-7-19)26-14-12-18-4-8-20(9-5-18)29-17-3-13-28-29/h3-11,13,17H,12,14-16H2,1-2H3,(H,25,30)(H2,24,26,27). The van der Waals surface area contributed by atoms with Gasteiger partial charge in [0.25, 0.3) is 5.91 Å². The van der Waals surface area contributed by atoms with Crippen LogP contribution in [0.5, 0.6) is 5.75 Å². The van der Waals surface area contributed by atoms with Gasteiger partial charge >= 0.3 is 0 Å². The molecule has 1 heterocycles. The molecule has 31 heavy (non-hydrogen) atoms. The maximum Gasteiger partial charge on any atom is 0.251 e. The van der Waals surface area contributed by atoms with Gasteiger partial charge in [-0.05, 0) is 54.4 Å². The van der Waals surface area contributed by atoms with Crippen LogP contribution >= 0.6 is 0 Å². The third-order valence-electron chi connectivity index (χ3n) is 4.69. The van der Waals surface area contributed by atoms with Crippen molar-refractivity contribution in [2.24, 2.45) is 4.99 Å². The van der Waals surface area contributed by atoms with Crippen LogP contribution < -0.4 is 20.7 Å². The van der Waals surface area contributed by atoms with Crippen LogP contribution in [-0.4, -0.2) is 55.4 Å². The summed E-state index contributed by atoms with van der Waals surface area (Å²) in [6.45, 7) is 1.81. The highest BCUT2D eigenvalue weighted by Gasteiger charge is 2.05. The molecular formula is C23H28N6O2. The fourth-order valence-electron chi connectivity index (χ4n) is 2.98. The first-order valence-electron chi connectivity index (χ1n) is 10.2. The molecule has 0 aliphatic rings. The van der Waals surface area contributed by atoms with Crippen LogP contribution in [0.15, 0.2) is 72.0 Å². The molecule has 0 saturated carbocycles. The van der Waals surface area contributed by atoms with Crippen molar-refractivity contribution in [1.29, 1.82) is 0 Å². The first kappa shape index (κ1) is 21.9. The Kier molecular flexibility index (Phi) is 8.05. The first-order chi connectivity index (χ1) is 15.2. The number of amides is 1. The van der Waals surface area contributed by atoms with E-state index >= 15 is 0 Å². The summed E-state index contributed by atoms with van der Waals surface area (Å²) in [4.78, 5) is 16.4. The van der Waals surface area contributed by atoms with Crippen LogP contribution in [0.25, 0.3) is 5.69 Å². The highest BCUT2D eigenvalue weighted by Crippen LogP contribution is 2.11. The topological polar surface area (TPSA) is 92.6 Å². The van der Waals surface area contributed by atoms with Gasteiger partial charge in [-0.25, -0.2) is 4.68 Å². The van der Waals surface area contributed by atoms with Crippen molar-refractivity contribution in [3.8, 4) is 11.4 Å². The van der Waals surface area contributed by atoms with Gasteiger partial charge in [0.05, 0.1) is 12.8 Å². The molecule has 3 rings (SSSR count). The maximum absolute atomic E-state index is 12.2. The number of carbonyl (C=O) groups is 1. The van der Waals surface area contributed by atoms with Gasteiger partial charge in [0.15, 0.2) is 5.96 Å². The SMILES string of the molecule is CN=C(NCCNC(=O)c1ccc(OC)cc1)NCCc1ccc(-n2cccn2)cc1. The number of carbonyl (C=O) groups excluding carboxylic acids is 1. The smallest absolute Gasteiger partial charge is 0.251 e. The zero-order valence-electron chi connectivity index (χ0n) is 17.8. The second-order valence-corrected chi connectivity index (χ2v) is 6.78. The number of hydrogen-bond acceptors (Lipinski definition) is 4. The fraction of sp³-hybridized carbons (Fsp3) is 0.261. The summed E-state index contributed by atoms with van der Waals surface area (Å²) in [6.07, 6.45) is 4.56. The zero-order valence-corrected chi connectivity index (χ0v) is 17.8. The predicted octanol–water partition coefficient (Wildman–Crippen LogP) is 2.02. The number of nitrogens with one attached hydrogen (secondary N) is 3. The quantitative estimate of drug-likeness (QED) is 0.280. The Morgan fingerprint density at radius 1 is 1.00 bits per heavy atom. The number of benzene rings is 2. The van der Waals surface area contributed by atoms with E-state index in [1.165, 1.54) is 5.56 Å². The summed E-state index contributed by atoms with van der Waals surface area (Å²) in [7, 11) is 3.32. The summed E-state index contributed by atoms with van der Waals surface area (Å²) in [5.74, 6) is 1.31. The molecule has 0 bridgehead atoms. The molecule has 0 unspecified atom stereocenters. The lowest BCUT2D eigenvalue weighted by molar-refractivity contribution is 0.0954. The minimum Gasteiger partial charge on any atom is -0.497 e. The molecule has 8 nitrogen and oxygen atoms in total. The van der Waals surface area contributed by atoms with E-state index in [1.54, 1.807) is 44.6 Å². The number of methoxy groups -OCH3 is 1. The second kappa shape index (κ2) is 11.4. The van der Waals surface area contributed by atoms with Crippen LogP contribution in [0.4, 0.5) is 0 Å². The highest BCUT2D eigenvalue weighted by atomic mass is 16.5. The molecule has 3 N–H and O–H groups in total. The van der Waals surface area contributed by atoms with E-state index in [9.17, 15) is 4.79 Å². The Morgan fingerprint density at radius 2 is 1.71 bits per heavy atom. The molecule has 0 aliphatic carbocycles. The Labute approximate surface area is 182 Å². The number of nitrogens with zero attached hydrogens (tertiary/aromatic N) is 3. The van der Waals surface area contributed by atoms with Crippen molar-refractivity contribution < 1.29 is 9.53 Å². The fourth-order valence-corrected chi connectivity index (χ4v) is 2.98. The van der Waals surface area contributed by atoms with Crippen LogP contribution in [0.1, 0.15) is 15.9 Å². The second-order valence-electron chi connectivity index (χ2n) is 6.78. The molecular weight excluding hydrogens is 392 g/mol. The van der Waals surface area contributed by atoms with Gasteiger partial charge in [-0.15, -0.1) is 0 Å². The van der Waals surface area contributed by atoms with Crippen molar-refractivity contribution in [2.45, 2.75) is 6.42 Å². The Balaban J connectivity index is 1.34. The van der Waals surface area contributed by atoms with Crippen molar-refractivity contribution in [3.63, 3.8) is 0 Å². The lowest BCUT2D eigenvalue weighted by Crippen LogP contribution is -2.42. The van der Waals surface area contributed by atoms with Crippen molar-refractivity contribution in [3.05, 3.63) is 78.1 Å². The maximum atomic E-state index is 12.2. The van der Waals surface area contributed by atoms with Crippen molar-refractivity contribution in [2.75, 3.05) is 33.8 Å². The number of hydrogen-bond donors (Lipinski definition) is 3. The van der Waals surface area contributed by atoms with E-state index in [1.807, 2.05) is 16.9 Å². The monoisotopic (exact) mass is 420 g/mol. The molecule has 1 amide bonds. The first-order valence-corrected chi connectivity index (χ1v) is 10.2. The van der Waals surface area contributed by atoms with E-state index in [-0.39, 0.29) is 5.91 Å². The number of aliphatic imine (C=N–C) groups is 1. The number of rotatable bonds is 9. The van der Waals surface area contributed by atoms with Crippen LogP contribution in [0.3, 0.4) is 0 Å². The Morgan fingerprint density at radius 3 is 2.35 bits per heavy atom. The molecule has 0 saturated heterocycles. The van der Waals surface area contributed by atoms with Gasteiger partial charge < -0.3 is 20.7 Å². The molecule has 8 heteroatoms. The Bertz CT molecular complexity index is 966. The Hall–Kier alpha value is -3.81. The predicted molar refractivity (Wildman–Crippen MR) is 122 cm³/mol. The van der Waals surface area contributed by atoms with Crippen molar-refractivity contribution >= 4 is 11.9 Å². The summed E-state index contributed by atoms with van der Waals surface area (Å²) >= 11 is 0. The molecule has 0 atom stereocenters. The van der Waals surface area contributed by atoms with Gasteiger partial charge in [-0.3, -0.25) is 9.79 Å². The van der Waals surface area contributed by atoms with Crippen molar-refractivity contribution in [1.82, 2.24) is 25.7 Å². The number of guanidine groups is 1. The summed E-state index contributed by atoms with van der Waals surface area (Å²) < 4.78 is 6.94. The molecule has 3 aromatic rings. The van der Waals surface area contributed by atoms with E-state index in [4.69, 9.17) is 4.74 Å². The molecule has 162 valence electrons. The van der Waals surface area contributed by atoms with Crippen LogP contribution in [0.2, 0.25) is 0 Å². The van der Waals surface area contributed by atoms with E-state index in [0.717, 1.165) is 24.4 Å². The third kappa shape index (κ3) is 6.60. The summed E-state index contributed by atoms with van der Waals surface area (Å²) in [6, 6.07) is 17.2. The average Bonchev–Trinajstić information content (AvgIpc) is 3.36. The lowest BCUT2D eigenvalue weighted by Gasteiger charge is -2.12. The molecule has 0 radical (unpaired) electrons. The molecule has 1 aromatic heterocycles. The molecule has 0 aliphatic heterocycles. The zero-order chi connectivity index (χ0) is 21.9. The third-order valence-corrected chi connectivity index (χ3v) is 4.69. The molecule has 2 aromatic carbocycles. The van der Waals surface area contributed by atoms with Crippen LogP contribution in [-0.2, 0) is 6.42 Å². The molecule has 0 spiro atoms. The van der Waals surface area contributed by atoms with Gasteiger partial charge in [0.2, 0.25) is 0 Å². The number of ether oxygens (including phenoxy) is 1. The normalized spacial score (nSPS) is 11.1. The highest BCUT2D eigenvalue weighted by molar-refractivity contribution is 5.94. The molecule has 0 fully saturated rings. The minimum atomic E-state index is -0.119. The van der Waals surface area contributed by atoms with Gasteiger partial charge in [-0.1, -0.05) is 12.1 Å². The van der Waals surface area contributed by atoms with Crippen LogP contribution in [0, 0.1) is 0 Å². The number of aromatic nitrogens is 2. The van der Waals surface area contributed by atoms with E-state index < -0.39 is 0 Å². The van der Waals surface area contributed by atoms with Gasteiger partial charge in [-0.2, -0.15) is 5.10 Å². The van der Waals surface area contributed by atoms with E-state index in [2.05, 4.69) is 50.3 Å².